The lowest BCUT2D eigenvalue weighted by molar-refractivity contribution is 0.0693. The molecular weight excluding hydrogens is 400 g/mol. The summed E-state index contributed by atoms with van der Waals surface area (Å²) < 4.78 is 33.6. The zero-order valence-corrected chi connectivity index (χ0v) is 16.0. The summed E-state index contributed by atoms with van der Waals surface area (Å²) in [5.74, 6) is -1.44. The highest BCUT2D eigenvalue weighted by atomic mass is 32.2. The van der Waals surface area contributed by atoms with Gasteiger partial charge >= 0.3 is 23.7 Å². The SMILES string of the molecule is CCOc1nn(C(=O)NS(=O)(=O)c2c(C(=O)O)csc2C)c(=O)n1C1CC1. The molecule has 0 aromatic carbocycles. The van der Waals surface area contributed by atoms with Crippen LogP contribution >= 0.6 is 11.3 Å². The third-order valence-electron chi connectivity index (χ3n) is 3.80. The lowest BCUT2D eigenvalue weighted by Crippen LogP contribution is -2.41. The van der Waals surface area contributed by atoms with E-state index >= 15 is 0 Å². The Bertz CT molecular complexity index is 1080. The van der Waals surface area contributed by atoms with Gasteiger partial charge < -0.3 is 9.84 Å². The highest BCUT2D eigenvalue weighted by Gasteiger charge is 2.34. The molecule has 0 spiro atoms. The maximum atomic E-state index is 12.5. The molecule has 1 fully saturated rings. The number of nitrogens with one attached hydrogen (secondary N) is 1. The molecule has 0 aliphatic heterocycles. The van der Waals surface area contributed by atoms with E-state index in [9.17, 15) is 22.8 Å². The molecule has 146 valence electrons. The number of aromatic nitrogens is 3. The van der Waals surface area contributed by atoms with Gasteiger partial charge in [0.25, 0.3) is 10.0 Å². The van der Waals surface area contributed by atoms with E-state index in [0.29, 0.717) is 4.68 Å². The second-order valence-electron chi connectivity index (χ2n) is 5.76. The Labute approximate surface area is 157 Å². The number of rotatable bonds is 6. The molecule has 0 radical (unpaired) electrons. The molecule has 2 aromatic heterocycles. The number of nitrogens with zero attached hydrogens (tertiary/aromatic N) is 3. The van der Waals surface area contributed by atoms with E-state index < -0.39 is 38.2 Å². The zero-order chi connectivity index (χ0) is 19.9. The van der Waals surface area contributed by atoms with Crippen molar-refractivity contribution in [2.45, 2.75) is 37.6 Å². The summed E-state index contributed by atoms with van der Waals surface area (Å²) in [4.78, 5) is 35.7. The van der Waals surface area contributed by atoms with Crippen LogP contribution in [-0.4, -0.2) is 46.5 Å². The molecule has 0 unspecified atom stereocenters. The molecule has 0 saturated heterocycles. The van der Waals surface area contributed by atoms with Gasteiger partial charge in [0, 0.05) is 16.3 Å². The van der Waals surface area contributed by atoms with E-state index in [0.717, 1.165) is 29.6 Å². The number of ether oxygens (including phenoxy) is 1. The zero-order valence-electron chi connectivity index (χ0n) is 14.3. The number of hydrogen-bond acceptors (Lipinski definition) is 8. The first-order chi connectivity index (χ1) is 12.7. The fourth-order valence-corrected chi connectivity index (χ4v) is 5.01. The van der Waals surface area contributed by atoms with E-state index in [1.807, 2.05) is 0 Å². The van der Waals surface area contributed by atoms with Gasteiger partial charge in [-0.3, -0.25) is 0 Å². The smallest absolute Gasteiger partial charge is 0.360 e. The van der Waals surface area contributed by atoms with Crippen LogP contribution in [0, 0.1) is 6.92 Å². The summed E-state index contributed by atoms with van der Waals surface area (Å²) in [5, 5.41) is 14.1. The minimum atomic E-state index is -4.53. The third-order valence-corrected chi connectivity index (χ3v) is 6.34. The van der Waals surface area contributed by atoms with Crippen molar-refractivity contribution in [3.63, 3.8) is 0 Å². The lowest BCUT2D eigenvalue weighted by Gasteiger charge is -2.06. The molecule has 11 nitrogen and oxygen atoms in total. The largest absolute Gasteiger partial charge is 0.478 e. The van der Waals surface area contributed by atoms with Gasteiger partial charge in [-0.05, 0) is 26.7 Å². The second kappa shape index (κ2) is 6.81. The lowest BCUT2D eigenvalue weighted by atomic mass is 10.3. The molecular formula is C14H16N4O7S2. The molecule has 1 saturated carbocycles. The second-order valence-corrected chi connectivity index (χ2v) is 8.46. The van der Waals surface area contributed by atoms with Crippen molar-refractivity contribution in [3.8, 4) is 6.01 Å². The summed E-state index contributed by atoms with van der Waals surface area (Å²) in [7, 11) is -4.53. The maximum Gasteiger partial charge on any atom is 0.360 e. The van der Waals surface area contributed by atoms with Crippen molar-refractivity contribution < 1.29 is 27.9 Å². The van der Waals surface area contributed by atoms with Gasteiger partial charge in [0.1, 0.15) is 4.90 Å². The Balaban J connectivity index is 1.96. The number of aromatic carboxylic acids is 1. The summed E-state index contributed by atoms with van der Waals surface area (Å²) in [5.41, 5.74) is -1.28. The van der Waals surface area contributed by atoms with E-state index in [1.165, 1.54) is 11.5 Å². The number of sulfonamides is 1. The van der Waals surface area contributed by atoms with Crippen LogP contribution in [0.1, 0.15) is 41.0 Å². The van der Waals surface area contributed by atoms with Gasteiger partial charge in [-0.25, -0.2) is 32.1 Å². The van der Waals surface area contributed by atoms with E-state index in [-0.39, 0.29) is 23.5 Å². The molecule has 1 aliphatic rings. The number of carbonyl (C=O) groups is 2. The maximum absolute atomic E-state index is 12.5. The van der Waals surface area contributed by atoms with Crippen LogP contribution in [0.3, 0.4) is 0 Å². The van der Waals surface area contributed by atoms with E-state index in [4.69, 9.17) is 9.84 Å². The topological polar surface area (TPSA) is 150 Å². The van der Waals surface area contributed by atoms with Gasteiger partial charge in [-0.2, -0.15) is 0 Å². The Kier molecular flexibility index (Phi) is 4.82. The molecule has 0 bridgehead atoms. The molecule has 1 amide bonds. The summed E-state index contributed by atoms with van der Waals surface area (Å²) in [6.45, 7) is 3.30. The average molecular weight is 416 g/mol. The Morgan fingerprint density at radius 2 is 2.11 bits per heavy atom. The van der Waals surface area contributed by atoms with Crippen LogP contribution in [0.5, 0.6) is 6.01 Å². The van der Waals surface area contributed by atoms with Gasteiger partial charge in [-0.1, -0.05) is 0 Å². The van der Waals surface area contributed by atoms with Crippen molar-refractivity contribution in [1.29, 1.82) is 0 Å². The number of carboxylic acids is 1. The van der Waals surface area contributed by atoms with Crippen molar-refractivity contribution >= 4 is 33.4 Å². The summed E-state index contributed by atoms with van der Waals surface area (Å²) >= 11 is 0.918. The van der Waals surface area contributed by atoms with Crippen molar-refractivity contribution in [1.82, 2.24) is 19.1 Å². The Morgan fingerprint density at radius 3 is 2.67 bits per heavy atom. The minimum Gasteiger partial charge on any atom is -0.478 e. The number of amides is 1. The highest BCUT2D eigenvalue weighted by molar-refractivity contribution is 7.90. The van der Waals surface area contributed by atoms with Crippen LogP contribution in [0.25, 0.3) is 0 Å². The molecule has 3 rings (SSSR count). The molecule has 2 N–H and O–H groups in total. The monoisotopic (exact) mass is 416 g/mol. The predicted molar refractivity (Wildman–Crippen MR) is 93.1 cm³/mol. The predicted octanol–water partition coefficient (Wildman–Crippen LogP) is 0.793. The van der Waals surface area contributed by atoms with Crippen LogP contribution in [-0.2, 0) is 10.0 Å². The van der Waals surface area contributed by atoms with Gasteiger partial charge in [0.05, 0.1) is 12.2 Å². The average Bonchev–Trinajstić information content (AvgIpc) is 3.23. The first-order valence-electron chi connectivity index (χ1n) is 7.90. The molecule has 13 heteroatoms. The normalized spacial score (nSPS) is 14.1. The molecule has 1 aliphatic carbocycles. The number of aryl methyl sites for hydroxylation is 1. The van der Waals surface area contributed by atoms with Crippen molar-refractivity contribution in [2.24, 2.45) is 0 Å². The molecule has 0 atom stereocenters. The van der Waals surface area contributed by atoms with Crippen LogP contribution in [0.2, 0.25) is 0 Å². The number of carbonyl (C=O) groups excluding carboxylic acids is 1. The summed E-state index contributed by atoms with van der Waals surface area (Å²) in [6, 6.07) is -1.53. The Morgan fingerprint density at radius 1 is 1.44 bits per heavy atom. The minimum absolute atomic E-state index is 0.0736. The van der Waals surface area contributed by atoms with Crippen LogP contribution in [0.15, 0.2) is 15.1 Å². The van der Waals surface area contributed by atoms with E-state index in [2.05, 4.69) is 5.10 Å². The molecule has 27 heavy (non-hydrogen) atoms. The fraction of sp³-hybridized carbons (Fsp3) is 0.429. The van der Waals surface area contributed by atoms with E-state index in [1.54, 1.807) is 11.6 Å². The summed E-state index contributed by atoms with van der Waals surface area (Å²) in [6.07, 6.45) is 1.45. The fourth-order valence-electron chi connectivity index (χ4n) is 2.50. The first kappa shape index (κ1) is 19.1. The highest BCUT2D eigenvalue weighted by Crippen LogP contribution is 2.36. The van der Waals surface area contributed by atoms with Crippen molar-refractivity contribution in [3.05, 3.63) is 26.3 Å². The number of carboxylic acid groups (broad SMARTS) is 1. The van der Waals surface area contributed by atoms with Gasteiger partial charge in [0.15, 0.2) is 0 Å². The number of thiophene rings is 1. The van der Waals surface area contributed by atoms with Gasteiger partial charge in [0.2, 0.25) is 0 Å². The molecule has 2 heterocycles. The first-order valence-corrected chi connectivity index (χ1v) is 10.3. The van der Waals surface area contributed by atoms with Crippen LogP contribution in [0.4, 0.5) is 4.79 Å². The van der Waals surface area contributed by atoms with Crippen LogP contribution < -0.4 is 15.1 Å². The molecule has 2 aromatic rings. The third kappa shape index (κ3) is 3.47. The Hall–Kier alpha value is -2.67. The number of hydrogen-bond donors (Lipinski definition) is 2. The standard InChI is InChI=1S/C14H16N4O7S2/c1-3-25-13-15-18(14(22)17(13)8-4-5-8)12(21)16-27(23,24)10-7(2)26-6-9(10)11(19)20/h6,8H,3-5H2,1-2H3,(H,16,21)(H,19,20). The van der Waals surface area contributed by atoms with Gasteiger partial charge in [-0.15, -0.1) is 21.1 Å². The van der Waals surface area contributed by atoms with Crippen molar-refractivity contribution in [2.75, 3.05) is 6.61 Å². The quantitative estimate of drug-likeness (QED) is 0.702.